The minimum absolute atomic E-state index is 0.00732. The van der Waals surface area contributed by atoms with Gasteiger partial charge in [0.2, 0.25) is 5.91 Å². The smallest absolute Gasteiger partial charge is 0.234 e. The molecule has 110 valence electrons. The Balaban J connectivity index is 1.68. The second-order valence-corrected chi connectivity index (χ2v) is 5.65. The molecule has 2 N–H and O–H groups in total. The van der Waals surface area contributed by atoms with Gasteiger partial charge in [-0.05, 0) is 36.5 Å². The van der Waals surface area contributed by atoms with E-state index >= 15 is 0 Å². The van der Waals surface area contributed by atoms with Crippen molar-refractivity contribution in [2.24, 2.45) is 5.92 Å². The van der Waals surface area contributed by atoms with E-state index in [1.165, 1.54) is 31.4 Å². The highest BCUT2D eigenvalue weighted by Crippen LogP contribution is 2.23. The fraction of sp³-hybridized carbons (Fsp3) is 0.562. The van der Waals surface area contributed by atoms with E-state index in [4.69, 9.17) is 0 Å². The molecular weight excluding hydrogens is 255 g/mol. The Bertz CT molecular complexity index is 433. The first-order valence-corrected chi connectivity index (χ1v) is 7.39. The van der Waals surface area contributed by atoms with E-state index in [0.29, 0.717) is 25.0 Å². The van der Waals surface area contributed by atoms with Crippen molar-refractivity contribution in [2.45, 2.75) is 45.2 Å². The molecule has 2 atom stereocenters. The summed E-state index contributed by atoms with van der Waals surface area (Å²) in [5.74, 6) is 0.383. The van der Waals surface area contributed by atoms with Crippen LogP contribution in [0.5, 0.6) is 0 Å². The molecule has 4 heteroatoms. The number of carbonyl (C=O) groups is 1. The molecule has 1 aliphatic carbocycles. The molecule has 3 nitrogen and oxygen atoms in total. The van der Waals surface area contributed by atoms with Crippen molar-refractivity contribution in [3.63, 3.8) is 0 Å². The lowest BCUT2D eigenvalue weighted by Gasteiger charge is -2.29. The predicted molar refractivity (Wildman–Crippen MR) is 77.7 cm³/mol. The van der Waals surface area contributed by atoms with Crippen LogP contribution in [0.25, 0.3) is 0 Å². The van der Waals surface area contributed by atoms with Crippen molar-refractivity contribution in [2.75, 3.05) is 6.54 Å². The molecule has 1 aromatic rings. The molecule has 0 radical (unpaired) electrons. The largest absolute Gasteiger partial charge is 0.351 e. The normalized spacial score (nSPS) is 22.5. The first-order chi connectivity index (χ1) is 9.65. The Morgan fingerprint density at radius 3 is 2.65 bits per heavy atom. The third-order valence-electron chi connectivity index (χ3n) is 4.04. The third-order valence-corrected chi connectivity index (χ3v) is 4.04. The van der Waals surface area contributed by atoms with Gasteiger partial charge in [-0.2, -0.15) is 0 Å². The van der Waals surface area contributed by atoms with Crippen LogP contribution in [0.4, 0.5) is 4.39 Å². The molecule has 20 heavy (non-hydrogen) atoms. The monoisotopic (exact) mass is 278 g/mol. The number of carbonyl (C=O) groups excluding carboxylic acids is 1. The van der Waals surface area contributed by atoms with Crippen LogP contribution in [0.1, 0.15) is 38.2 Å². The van der Waals surface area contributed by atoms with Crippen LogP contribution in [0.15, 0.2) is 24.3 Å². The number of hydrogen-bond acceptors (Lipinski definition) is 2. The highest BCUT2D eigenvalue weighted by molar-refractivity contribution is 5.78. The van der Waals surface area contributed by atoms with Crippen LogP contribution in [-0.2, 0) is 11.3 Å². The number of halogens is 1. The van der Waals surface area contributed by atoms with Crippen molar-refractivity contribution in [3.8, 4) is 0 Å². The summed E-state index contributed by atoms with van der Waals surface area (Å²) >= 11 is 0. The Labute approximate surface area is 120 Å². The van der Waals surface area contributed by atoms with E-state index in [0.717, 1.165) is 12.0 Å². The number of benzene rings is 1. The number of amides is 1. The summed E-state index contributed by atoms with van der Waals surface area (Å²) in [6.45, 7) is 3.05. The molecule has 2 rings (SSSR count). The van der Waals surface area contributed by atoms with E-state index in [9.17, 15) is 9.18 Å². The zero-order valence-electron chi connectivity index (χ0n) is 12.0. The molecule has 0 saturated heterocycles. The van der Waals surface area contributed by atoms with Gasteiger partial charge >= 0.3 is 0 Å². The standard InChI is InChI=1S/C16H23FN2O/c1-12-4-2-3-5-15(12)18-11-16(20)19-10-13-6-8-14(17)9-7-13/h6-9,12,15,18H,2-5,10-11H2,1H3,(H,19,20)/t12-,15+/m1/s1. The molecule has 1 aromatic carbocycles. The van der Waals surface area contributed by atoms with E-state index < -0.39 is 0 Å². The summed E-state index contributed by atoms with van der Waals surface area (Å²) in [5.41, 5.74) is 0.908. The molecule has 1 aliphatic rings. The average molecular weight is 278 g/mol. The van der Waals surface area contributed by atoms with Crippen LogP contribution >= 0.6 is 0 Å². The van der Waals surface area contributed by atoms with Gasteiger partial charge in [-0.25, -0.2) is 4.39 Å². The maximum atomic E-state index is 12.8. The van der Waals surface area contributed by atoms with Crippen molar-refractivity contribution in [1.29, 1.82) is 0 Å². The minimum atomic E-state index is -0.256. The van der Waals surface area contributed by atoms with E-state index in [1.54, 1.807) is 12.1 Å². The Morgan fingerprint density at radius 2 is 1.95 bits per heavy atom. The van der Waals surface area contributed by atoms with Crippen LogP contribution in [0.2, 0.25) is 0 Å². The molecule has 0 aliphatic heterocycles. The lowest BCUT2D eigenvalue weighted by molar-refractivity contribution is -0.120. The van der Waals surface area contributed by atoms with Gasteiger partial charge in [-0.3, -0.25) is 4.79 Å². The highest BCUT2D eigenvalue weighted by atomic mass is 19.1. The van der Waals surface area contributed by atoms with E-state index in [-0.39, 0.29) is 11.7 Å². The summed E-state index contributed by atoms with van der Waals surface area (Å²) in [7, 11) is 0. The topological polar surface area (TPSA) is 41.1 Å². The van der Waals surface area contributed by atoms with Gasteiger partial charge in [0.25, 0.3) is 0 Å². The fourth-order valence-electron chi connectivity index (χ4n) is 2.71. The van der Waals surface area contributed by atoms with Gasteiger partial charge in [0, 0.05) is 12.6 Å². The molecule has 1 fully saturated rings. The van der Waals surface area contributed by atoms with Gasteiger partial charge < -0.3 is 10.6 Å². The Morgan fingerprint density at radius 1 is 1.25 bits per heavy atom. The SMILES string of the molecule is C[C@@H]1CCCC[C@@H]1NCC(=O)NCc1ccc(F)cc1. The van der Waals surface area contributed by atoms with Crippen molar-refractivity contribution >= 4 is 5.91 Å². The summed E-state index contributed by atoms with van der Waals surface area (Å²) < 4.78 is 12.8. The molecule has 1 amide bonds. The number of hydrogen-bond donors (Lipinski definition) is 2. The van der Waals surface area contributed by atoms with Crippen LogP contribution in [-0.4, -0.2) is 18.5 Å². The molecule has 1 saturated carbocycles. The quantitative estimate of drug-likeness (QED) is 0.869. The average Bonchev–Trinajstić information content (AvgIpc) is 2.46. The van der Waals surface area contributed by atoms with Crippen molar-refractivity contribution < 1.29 is 9.18 Å². The molecule has 0 heterocycles. The number of rotatable bonds is 5. The van der Waals surface area contributed by atoms with Crippen molar-refractivity contribution in [1.82, 2.24) is 10.6 Å². The van der Waals surface area contributed by atoms with Crippen LogP contribution in [0.3, 0.4) is 0 Å². The Hall–Kier alpha value is -1.42. The predicted octanol–water partition coefficient (Wildman–Crippen LogP) is 2.61. The van der Waals surface area contributed by atoms with Gasteiger partial charge in [0.1, 0.15) is 5.82 Å². The maximum Gasteiger partial charge on any atom is 0.234 e. The molecular formula is C16H23FN2O. The van der Waals surface area contributed by atoms with E-state index in [1.807, 2.05) is 0 Å². The summed E-state index contributed by atoms with van der Waals surface area (Å²) in [6, 6.07) is 6.64. The lowest BCUT2D eigenvalue weighted by atomic mass is 9.86. The summed E-state index contributed by atoms with van der Waals surface area (Å²) in [4.78, 5) is 11.8. The van der Waals surface area contributed by atoms with Crippen LogP contribution in [0, 0.1) is 11.7 Å². The van der Waals surface area contributed by atoms with Gasteiger partial charge in [-0.1, -0.05) is 31.9 Å². The maximum absolute atomic E-state index is 12.8. The zero-order chi connectivity index (χ0) is 14.4. The van der Waals surface area contributed by atoms with Gasteiger partial charge in [0.05, 0.1) is 6.54 Å². The molecule has 0 bridgehead atoms. The summed E-state index contributed by atoms with van der Waals surface area (Å²) in [5, 5.41) is 6.19. The first kappa shape index (κ1) is 15.0. The van der Waals surface area contributed by atoms with Crippen LogP contribution < -0.4 is 10.6 Å². The Kier molecular flexibility index (Phi) is 5.53. The molecule has 0 unspecified atom stereocenters. The molecule has 0 aromatic heterocycles. The third kappa shape index (κ3) is 4.60. The van der Waals surface area contributed by atoms with Gasteiger partial charge in [0.15, 0.2) is 0 Å². The summed E-state index contributed by atoms with van der Waals surface area (Å²) in [6.07, 6.45) is 4.95. The minimum Gasteiger partial charge on any atom is -0.351 e. The fourth-order valence-corrected chi connectivity index (χ4v) is 2.71. The lowest BCUT2D eigenvalue weighted by Crippen LogP contribution is -2.43. The van der Waals surface area contributed by atoms with Crippen molar-refractivity contribution in [3.05, 3.63) is 35.6 Å². The first-order valence-electron chi connectivity index (χ1n) is 7.39. The zero-order valence-corrected chi connectivity index (χ0v) is 12.0. The van der Waals surface area contributed by atoms with E-state index in [2.05, 4.69) is 17.6 Å². The number of nitrogens with one attached hydrogen (secondary N) is 2. The second kappa shape index (κ2) is 7.39. The second-order valence-electron chi connectivity index (χ2n) is 5.65. The van der Waals surface area contributed by atoms with Gasteiger partial charge in [-0.15, -0.1) is 0 Å². The highest BCUT2D eigenvalue weighted by Gasteiger charge is 2.21. The molecule has 0 spiro atoms.